The van der Waals surface area contributed by atoms with Gasteiger partial charge in [-0.25, -0.2) is 0 Å². The lowest BCUT2D eigenvalue weighted by atomic mass is 10.0. The van der Waals surface area contributed by atoms with Crippen LogP contribution in [0.3, 0.4) is 0 Å². The summed E-state index contributed by atoms with van der Waals surface area (Å²) in [4.78, 5) is 12.5. The van der Waals surface area contributed by atoms with Crippen molar-refractivity contribution in [2.24, 2.45) is 0 Å². The minimum Gasteiger partial charge on any atom is -0.467 e. The molecular formula is C23H22N2O3. The highest BCUT2D eigenvalue weighted by molar-refractivity contribution is 5.80. The first-order valence-electron chi connectivity index (χ1n) is 9.30. The number of furan rings is 2. The molecule has 5 nitrogen and oxygen atoms in total. The van der Waals surface area contributed by atoms with E-state index in [0.717, 1.165) is 28.1 Å². The molecule has 0 unspecified atom stereocenters. The Labute approximate surface area is 163 Å². The zero-order valence-electron chi connectivity index (χ0n) is 15.6. The molecule has 0 aliphatic carbocycles. The summed E-state index contributed by atoms with van der Waals surface area (Å²) in [5.41, 5.74) is 1.86. The number of rotatable bonds is 7. The Hall–Kier alpha value is -3.31. The second kappa shape index (κ2) is 8.15. The maximum absolute atomic E-state index is 12.5. The summed E-state index contributed by atoms with van der Waals surface area (Å²) in [6, 6.07) is 23.0. The van der Waals surface area contributed by atoms with Crippen molar-refractivity contribution in [3.63, 3.8) is 0 Å². The molecule has 1 amide bonds. The molecule has 2 heterocycles. The number of amides is 1. The molecule has 0 spiro atoms. The van der Waals surface area contributed by atoms with Gasteiger partial charge in [-0.3, -0.25) is 10.1 Å². The molecule has 2 aromatic carbocycles. The highest BCUT2D eigenvalue weighted by atomic mass is 16.3. The lowest BCUT2D eigenvalue weighted by molar-refractivity contribution is -0.121. The van der Waals surface area contributed by atoms with Crippen LogP contribution in [0.4, 0.5) is 0 Å². The third-order valence-electron chi connectivity index (χ3n) is 4.68. The molecule has 0 fully saturated rings. The lowest BCUT2D eigenvalue weighted by Gasteiger charge is -2.18. The molecule has 0 radical (unpaired) electrons. The Kier molecular flexibility index (Phi) is 5.26. The molecule has 0 aliphatic heterocycles. The number of carbonyl (C=O) groups is 1. The minimum absolute atomic E-state index is 0.111. The first-order chi connectivity index (χ1) is 13.7. The van der Waals surface area contributed by atoms with Crippen LogP contribution < -0.4 is 10.6 Å². The maximum atomic E-state index is 12.5. The third kappa shape index (κ3) is 4.00. The first kappa shape index (κ1) is 18.1. The van der Waals surface area contributed by atoms with Crippen LogP contribution in [0.25, 0.3) is 11.0 Å². The van der Waals surface area contributed by atoms with Gasteiger partial charge in [-0.15, -0.1) is 0 Å². The summed E-state index contributed by atoms with van der Waals surface area (Å²) < 4.78 is 11.4. The molecular weight excluding hydrogens is 352 g/mol. The zero-order chi connectivity index (χ0) is 19.3. The quantitative estimate of drug-likeness (QED) is 0.497. The van der Waals surface area contributed by atoms with Gasteiger partial charge >= 0.3 is 0 Å². The predicted octanol–water partition coefficient (Wildman–Crippen LogP) is 4.58. The molecule has 5 heteroatoms. The molecule has 4 rings (SSSR count). The minimum atomic E-state index is -0.222. The van der Waals surface area contributed by atoms with Gasteiger partial charge < -0.3 is 14.2 Å². The number of hydrogen-bond donors (Lipinski definition) is 2. The normalized spacial score (nSPS) is 13.3. The second-order valence-electron chi connectivity index (χ2n) is 6.72. The van der Waals surface area contributed by atoms with Gasteiger partial charge in [0.15, 0.2) is 0 Å². The van der Waals surface area contributed by atoms with Crippen molar-refractivity contribution in [2.75, 3.05) is 6.54 Å². The van der Waals surface area contributed by atoms with Gasteiger partial charge in [0.2, 0.25) is 5.91 Å². The van der Waals surface area contributed by atoms with Gasteiger partial charge in [0, 0.05) is 5.39 Å². The monoisotopic (exact) mass is 374 g/mol. The van der Waals surface area contributed by atoms with Crippen LogP contribution in [0.2, 0.25) is 0 Å². The topological polar surface area (TPSA) is 67.4 Å². The Bertz CT molecular complexity index is 1010. The van der Waals surface area contributed by atoms with E-state index in [0.29, 0.717) is 0 Å². The number of carbonyl (C=O) groups excluding carboxylic acids is 1. The molecule has 2 aromatic heterocycles. The highest BCUT2D eigenvalue weighted by Crippen LogP contribution is 2.24. The van der Waals surface area contributed by atoms with Crippen molar-refractivity contribution in [3.05, 3.63) is 96.1 Å². The van der Waals surface area contributed by atoms with Crippen LogP contribution in [0.15, 0.2) is 87.9 Å². The van der Waals surface area contributed by atoms with Crippen LogP contribution in [-0.4, -0.2) is 12.5 Å². The van der Waals surface area contributed by atoms with Crippen LogP contribution in [0.1, 0.15) is 36.1 Å². The Morgan fingerprint density at radius 3 is 2.50 bits per heavy atom. The number of hydrogen-bond acceptors (Lipinski definition) is 4. The largest absolute Gasteiger partial charge is 0.467 e. The maximum Gasteiger partial charge on any atom is 0.234 e. The third-order valence-corrected chi connectivity index (χ3v) is 4.68. The van der Waals surface area contributed by atoms with Gasteiger partial charge in [0.25, 0.3) is 0 Å². The Balaban J connectivity index is 1.41. The molecule has 28 heavy (non-hydrogen) atoms. The van der Waals surface area contributed by atoms with Crippen LogP contribution in [0.5, 0.6) is 0 Å². The van der Waals surface area contributed by atoms with Crippen molar-refractivity contribution in [1.29, 1.82) is 0 Å². The van der Waals surface area contributed by atoms with Crippen molar-refractivity contribution in [3.8, 4) is 0 Å². The van der Waals surface area contributed by atoms with Crippen molar-refractivity contribution < 1.29 is 13.6 Å². The summed E-state index contributed by atoms with van der Waals surface area (Å²) in [6.45, 7) is 2.07. The lowest BCUT2D eigenvalue weighted by Crippen LogP contribution is -2.37. The average molecular weight is 374 g/mol. The van der Waals surface area contributed by atoms with Gasteiger partial charge in [0.1, 0.15) is 17.1 Å². The second-order valence-corrected chi connectivity index (χ2v) is 6.72. The van der Waals surface area contributed by atoms with Gasteiger partial charge in [-0.1, -0.05) is 48.5 Å². The molecule has 142 valence electrons. The molecule has 4 aromatic rings. The van der Waals surface area contributed by atoms with E-state index in [4.69, 9.17) is 8.83 Å². The smallest absolute Gasteiger partial charge is 0.234 e. The van der Waals surface area contributed by atoms with E-state index in [1.807, 2.05) is 79.7 Å². The summed E-state index contributed by atoms with van der Waals surface area (Å²) in [5.74, 6) is 1.39. The Morgan fingerprint density at radius 2 is 1.75 bits per heavy atom. The average Bonchev–Trinajstić information content (AvgIpc) is 3.39. The molecule has 0 saturated heterocycles. The van der Waals surface area contributed by atoms with E-state index < -0.39 is 0 Å². The van der Waals surface area contributed by atoms with Gasteiger partial charge in [-0.2, -0.15) is 0 Å². The van der Waals surface area contributed by atoms with Crippen LogP contribution >= 0.6 is 0 Å². The zero-order valence-corrected chi connectivity index (χ0v) is 15.6. The SMILES string of the molecule is C[C@H](NC(=O)CN[C@H](c1ccccc1)c1ccco1)c1cc2ccccc2o1. The van der Waals surface area contributed by atoms with Crippen molar-refractivity contribution >= 4 is 16.9 Å². The van der Waals surface area contributed by atoms with Crippen molar-refractivity contribution in [2.45, 2.75) is 19.0 Å². The summed E-state index contributed by atoms with van der Waals surface area (Å²) in [5, 5.41) is 7.30. The first-order valence-corrected chi connectivity index (χ1v) is 9.30. The predicted molar refractivity (Wildman–Crippen MR) is 108 cm³/mol. The number of fused-ring (bicyclic) bond motifs is 1. The molecule has 2 atom stereocenters. The summed E-state index contributed by atoms with van der Waals surface area (Å²) >= 11 is 0. The molecule has 0 aliphatic rings. The standard InChI is InChI=1S/C23H22N2O3/c1-16(21-14-18-10-5-6-11-19(18)28-21)25-22(26)15-24-23(20-12-7-13-27-20)17-8-3-2-4-9-17/h2-14,16,23-24H,15H2,1H3,(H,25,26)/t16-,23+/m0/s1. The van der Waals surface area contributed by atoms with E-state index in [1.54, 1.807) is 6.26 Å². The van der Waals surface area contributed by atoms with E-state index in [-0.39, 0.29) is 24.5 Å². The highest BCUT2D eigenvalue weighted by Gasteiger charge is 2.19. The summed E-state index contributed by atoms with van der Waals surface area (Å²) in [6.07, 6.45) is 1.64. The van der Waals surface area contributed by atoms with E-state index in [1.165, 1.54) is 0 Å². The summed E-state index contributed by atoms with van der Waals surface area (Å²) in [7, 11) is 0. The van der Waals surface area contributed by atoms with Crippen molar-refractivity contribution in [1.82, 2.24) is 10.6 Å². The van der Waals surface area contributed by atoms with Crippen LogP contribution in [-0.2, 0) is 4.79 Å². The number of para-hydroxylation sites is 1. The van der Waals surface area contributed by atoms with Gasteiger partial charge in [-0.05, 0) is 36.8 Å². The fourth-order valence-electron chi connectivity index (χ4n) is 3.26. The molecule has 2 N–H and O–H groups in total. The van der Waals surface area contributed by atoms with E-state index in [2.05, 4.69) is 10.6 Å². The van der Waals surface area contributed by atoms with Gasteiger partial charge in [0.05, 0.1) is 24.9 Å². The molecule has 0 saturated carbocycles. The number of benzene rings is 2. The Morgan fingerprint density at radius 1 is 0.964 bits per heavy atom. The number of nitrogens with one attached hydrogen (secondary N) is 2. The van der Waals surface area contributed by atoms with E-state index >= 15 is 0 Å². The van der Waals surface area contributed by atoms with E-state index in [9.17, 15) is 4.79 Å². The fourth-order valence-corrected chi connectivity index (χ4v) is 3.26. The van der Waals surface area contributed by atoms with Crippen LogP contribution in [0, 0.1) is 0 Å². The molecule has 0 bridgehead atoms. The fraction of sp³-hybridized carbons (Fsp3) is 0.174.